The van der Waals surface area contributed by atoms with E-state index in [0.29, 0.717) is 5.75 Å². The Hall–Kier alpha value is -2.27. The average Bonchev–Trinajstić information content (AvgIpc) is 2.97. The van der Waals surface area contributed by atoms with Gasteiger partial charge in [0.1, 0.15) is 0 Å². The molecular weight excluding hydrogens is 306 g/mol. The van der Waals surface area contributed by atoms with Gasteiger partial charge in [0.25, 0.3) is 0 Å². The van der Waals surface area contributed by atoms with E-state index in [-0.39, 0.29) is 11.9 Å². The Morgan fingerprint density at radius 3 is 2.78 bits per heavy atom. The number of fused-ring (bicyclic) bond motifs is 1. The number of hydrogen-bond donors (Lipinski definition) is 1. The Kier molecular flexibility index (Phi) is 4.67. The SMILES string of the molecule is C[C@@H](NC(=O)CSc1nccn1C)c1ccc2ccccc2c1. The summed E-state index contributed by atoms with van der Waals surface area (Å²) in [6.45, 7) is 2.01. The second kappa shape index (κ2) is 6.87. The van der Waals surface area contributed by atoms with Crippen molar-refractivity contribution in [2.75, 3.05) is 5.75 Å². The van der Waals surface area contributed by atoms with Crippen LogP contribution in [0.15, 0.2) is 60.0 Å². The predicted octanol–water partition coefficient (Wildman–Crippen LogP) is 3.54. The number of imidazole rings is 1. The maximum absolute atomic E-state index is 12.1. The summed E-state index contributed by atoms with van der Waals surface area (Å²) in [5, 5.41) is 6.29. The second-order valence-electron chi connectivity index (χ2n) is 5.51. The molecule has 1 heterocycles. The van der Waals surface area contributed by atoms with Crippen LogP contribution in [0.1, 0.15) is 18.5 Å². The van der Waals surface area contributed by atoms with Gasteiger partial charge in [-0.2, -0.15) is 0 Å². The van der Waals surface area contributed by atoms with Crippen LogP contribution in [0, 0.1) is 0 Å². The number of nitrogens with zero attached hydrogens (tertiary/aromatic N) is 2. The van der Waals surface area contributed by atoms with Crippen molar-refractivity contribution in [2.45, 2.75) is 18.1 Å². The molecule has 4 nitrogen and oxygen atoms in total. The smallest absolute Gasteiger partial charge is 0.230 e. The highest BCUT2D eigenvalue weighted by Crippen LogP contribution is 2.21. The van der Waals surface area contributed by atoms with Gasteiger partial charge < -0.3 is 9.88 Å². The third-order valence-corrected chi connectivity index (χ3v) is 4.82. The van der Waals surface area contributed by atoms with E-state index >= 15 is 0 Å². The van der Waals surface area contributed by atoms with E-state index in [0.717, 1.165) is 10.7 Å². The Morgan fingerprint density at radius 1 is 1.26 bits per heavy atom. The lowest BCUT2D eigenvalue weighted by Gasteiger charge is -2.15. The number of hydrogen-bond acceptors (Lipinski definition) is 3. The molecule has 0 aliphatic rings. The Balaban J connectivity index is 1.62. The topological polar surface area (TPSA) is 46.9 Å². The molecule has 0 radical (unpaired) electrons. The van der Waals surface area contributed by atoms with Crippen LogP contribution in [-0.4, -0.2) is 21.2 Å². The molecule has 23 heavy (non-hydrogen) atoms. The van der Waals surface area contributed by atoms with Gasteiger partial charge in [-0.15, -0.1) is 0 Å². The number of carbonyl (C=O) groups excluding carboxylic acids is 1. The quantitative estimate of drug-likeness (QED) is 0.730. The normalized spacial score (nSPS) is 12.3. The summed E-state index contributed by atoms with van der Waals surface area (Å²) in [6, 6.07) is 14.5. The first kappa shape index (κ1) is 15.6. The van der Waals surface area contributed by atoms with E-state index in [1.807, 2.05) is 36.9 Å². The molecule has 0 fully saturated rings. The summed E-state index contributed by atoms with van der Waals surface area (Å²) in [7, 11) is 1.92. The molecule has 0 aliphatic heterocycles. The molecule has 1 amide bonds. The van der Waals surface area contributed by atoms with Gasteiger partial charge in [-0.1, -0.05) is 48.2 Å². The molecule has 0 saturated carbocycles. The van der Waals surface area contributed by atoms with Crippen LogP contribution in [-0.2, 0) is 11.8 Å². The predicted molar refractivity (Wildman–Crippen MR) is 94.4 cm³/mol. The van der Waals surface area contributed by atoms with E-state index in [1.165, 1.54) is 22.5 Å². The number of rotatable bonds is 5. The van der Waals surface area contributed by atoms with Gasteiger partial charge in [-0.25, -0.2) is 4.98 Å². The monoisotopic (exact) mass is 325 g/mol. The van der Waals surface area contributed by atoms with Crippen molar-refractivity contribution in [2.24, 2.45) is 7.05 Å². The maximum Gasteiger partial charge on any atom is 0.230 e. The zero-order chi connectivity index (χ0) is 16.2. The van der Waals surface area contributed by atoms with Gasteiger partial charge >= 0.3 is 0 Å². The van der Waals surface area contributed by atoms with E-state index in [4.69, 9.17) is 0 Å². The van der Waals surface area contributed by atoms with Crippen LogP contribution in [0.4, 0.5) is 0 Å². The van der Waals surface area contributed by atoms with Crippen molar-refractivity contribution in [3.8, 4) is 0 Å². The van der Waals surface area contributed by atoms with Crippen molar-refractivity contribution in [3.05, 3.63) is 60.4 Å². The van der Waals surface area contributed by atoms with E-state index in [2.05, 4.69) is 40.6 Å². The van der Waals surface area contributed by atoms with Crippen molar-refractivity contribution >= 4 is 28.4 Å². The lowest BCUT2D eigenvalue weighted by atomic mass is 10.0. The minimum Gasteiger partial charge on any atom is -0.349 e. The summed E-state index contributed by atoms with van der Waals surface area (Å²) in [5.74, 6) is 0.377. The molecule has 2 aromatic carbocycles. The zero-order valence-electron chi connectivity index (χ0n) is 13.2. The first-order valence-corrected chi connectivity index (χ1v) is 8.50. The van der Waals surface area contributed by atoms with E-state index in [9.17, 15) is 4.79 Å². The number of aromatic nitrogens is 2. The van der Waals surface area contributed by atoms with Gasteiger partial charge in [0, 0.05) is 19.4 Å². The lowest BCUT2D eigenvalue weighted by Crippen LogP contribution is -2.28. The van der Waals surface area contributed by atoms with Crippen LogP contribution in [0.25, 0.3) is 10.8 Å². The molecule has 5 heteroatoms. The highest BCUT2D eigenvalue weighted by molar-refractivity contribution is 7.99. The number of aryl methyl sites for hydroxylation is 1. The summed E-state index contributed by atoms with van der Waals surface area (Å²) in [4.78, 5) is 16.3. The van der Waals surface area contributed by atoms with E-state index < -0.39 is 0 Å². The van der Waals surface area contributed by atoms with E-state index in [1.54, 1.807) is 6.20 Å². The fraction of sp³-hybridized carbons (Fsp3) is 0.222. The van der Waals surface area contributed by atoms with Crippen molar-refractivity contribution in [1.29, 1.82) is 0 Å². The first-order chi connectivity index (χ1) is 11.1. The number of benzene rings is 2. The molecule has 3 aromatic rings. The molecule has 0 saturated heterocycles. The largest absolute Gasteiger partial charge is 0.349 e. The molecule has 1 N–H and O–H groups in total. The van der Waals surface area contributed by atoms with Gasteiger partial charge in [0.15, 0.2) is 5.16 Å². The second-order valence-corrected chi connectivity index (χ2v) is 6.45. The standard InChI is InChI=1S/C18H19N3OS/c1-13(15-8-7-14-5-3-4-6-16(14)11-15)20-17(22)12-23-18-19-9-10-21(18)2/h3-11,13H,12H2,1-2H3,(H,20,22)/t13-/m1/s1. The maximum atomic E-state index is 12.1. The Morgan fingerprint density at radius 2 is 2.04 bits per heavy atom. The third-order valence-electron chi connectivity index (χ3n) is 3.76. The van der Waals surface area contributed by atoms with Gasteiger partial charge in [0.05, 0.1) is 11.8 Å². The number of nitrogens with one attached hydrogen (secondary N) is 1. The number of thioether (sulfide) groups is 1. The fourth-order valence-corrected chi connectivity index (χ4v) is 3.21. The highest BCUT2D eigenvalue weighted by atomic mass is 32.2. The zero-order valence-corrected chi connectivity index (χ0v) is 14.0. The molecule has 0 bridgehead atoms. The molecule has 0 spiro atoms. The van der Waals surface area contributed by atoms with Crippen LogP contribution < -0.4 is 5.32 Å². The minimum atomic E-state index is -0.0194. The summed E-state index contributed by atoms with van der Waals surface area (Å²) in [5.41, 5.74) is 1.11. The summed E-state index contributed by atoms with van der Waals surface area (Å²) in [6.07, 6.45) is 3.61. The molecule has 1 atom stereocenters. The highest BCUT2D eigenvalue weighted by Gasteiger charge is 2.11. The Bertz CT molecular complexity index is 828. The molecule has 118 valence electrons. The third kappa shape index (κ3) is 3.74. The van der Waals surface area contributed by atoms with Crippen LogP contribution in [0.2, 0.25) is 0 Å². The molecule has 0 aliphatic carbocycles. The Labute approximate surface area is 139 Å². The van der Waals surface area contributed by atoms with Gasteiger partial charge in [0.2, 0.25) is 5.91 Å². The van der Waals surface area contributed by atoms with Crippen LogP contribution >= 0.6 is 11.8 Å². The molecular formula is C18H19N3OS. The first-order valence-electron chi connectivity index (χ1n) is 7.51. The van der Waals surface area contributed by atoms with Crippen LogP contribution in [0.5, 0.6) is 0 Å². The van der Waals surface area contributed by atoms with Crippen molar-refractivity contribution < 1.29 is 4.79 Å². The number of carbonyl (C=O) groups is 1. The fourth-order valence-electron chi connectivity index (χ4n) is 2.46. The van der Waals surface area contributed by atoms with Crippen molar-refractivity contribution in [3.63, 3.8) is 0 Å². The minimum absolute atomic E-state index is 0.0126. The van der Waals surface area contributed by atoms with Gasteiger partial charge in [-0.3, -0.25) is 4.79 Å². The average molecular weight is 325 g/mol. The lowest BCUT2D eigenvalue weighted by molar-refractivity contribution is -0.119. The summed E-state index contributed by atoms with van der Waals surface area (Å²) >= 11 is 1.44. The van der Waals surface area contributed by atoms with Gasteiger partial charge in [-0.05, 0) is 29.3 Å². The molecule has 3 rings (SSSR count). The van der Waals surface area contributed by atoms with Crippen molar-refractivity contribution in [1.82, 2.24) is 14.9 Å². The molecule has 1 aromatic heterocycles. The number of amides is 1. The summed E-state index contributed by atoms with van der Waals surface area (Å²) < 4.78 is 1.91. The molecule has 0 unspecified atom stereocenters. The van der Waals surface area contributed by atoms with Crippen LogP contribution in [0.3, 0.4) is 0 Å².